The molecular formula is C36H24N6. The molecule has 0 unspecified atom stereocenters. The number of nitrogens with zero attached hydrogens (tertiary/aromatic N) is 6. The second-order valence-corrected chi connectivity index (χ2v) is 10.1. The Morgan fingerprint density at radius 2 is 0.595 bits per heavy atom. The number of anilines is 6. The summed E-state index contributed by atoms with van der Waals surface area (Å²) in [6.07, 6.45) is 14.7. The van der Waals surface area contributed by atoms with Gasteiger partial charge in [0.15, 0.2) is 0 Å². The fourth-order valence-corrected chi connectivity index (χ4v) is 5.99. The molecule has 0 aliphatic heterocycles. The average Bonchev–Trinajstić information content (AvgIpc) is 3.07. The van der Waals surface area contributed by atoms with Gasteiger partial charge < -0.3 is 9.80 Å². The SMILES string of the molecule is c1cc(N(c2ccncc2)c2ccc3ccc4c(N(c5ccncc5)c5ccncc5)ccc5ccc2c3c54)ccn1. The molecule has 0 saturated heterocycles. The molecule has 0 bridgehead atoms. The number of hydrogen-bond acceptors (Lipinski definition) is 6. The van der Waals surface area contributed by atoms with E-state index in [1.54, 1.807) is 0 Å². The van der Waals surface area contributed by atoms with Crippen LogP contribution >= 0.6 is 0 Å². The number of rotatable bonds is 6. The van der Waals surface area contributed by atoms with Gasteiger partial charge in [0, 0.05) is 83.1 Å². The summed E-state index contributed by atoms with van der Waals surface area (Å²) in [5, 5.41) is 7.23. The van der Waals surface area contributed by atoms with Gasteiger partial charge in [0.25, 0.3) is 0 Å². The van der Waals surface area contributed by atoms with Gasteiger partial charge in [0.2, 0.25) is 0 Å². The van der Waals surface area contributed by atoms with Crippen molar-refractivity contribution < 1.29 is 0 Å². The first kappa shape index (κ1) is 24.0. The third-order valence-electron chi connectivity index (χ3n) is 7.78. The van der Waals surface area contributed by atoms with Gasteiger partial charge in [0.05, 0.1) is 11.4 Å². The van der Waals surface area contributed by atoms with E-state index in [1.165, 1.54) is 32.3 Å². The van der Waals surface area contributed by atoms with Crippen molar-refractivity contribution in [1.29, 1.82) is 0 Å². The van der Waals surface area contributed by atoms with Crippen molar-refractivity contribution in [3.05, 3.63) is 147 Å². The smallest absolute Gasteiger partial charge is 0.0540 e. The highest BCUT2D eigenvalue weighted by Crippen LogP contribution is 2.47. The van der Waals surface area contributed by atoms with Crippen LogP contribution in [0.15, 0.2) is 147 Å². The topological polar surface area (TPSA) is 58.0 Å². The van der Waals surface area contributed by atoms with Gasteiger partial charge in [-0.05, 0) is 82.2 Å². The summed E-state index contributed by atoms with van der Waals surface area (Å²) in [6, 6.07) is 34.2. The Hall–Kier alpha value is -5.88. The Balaban J connectivity index is 1.42. The third kappa shape index (κ3) is 3.89. The molecule has 0 aliphatic carbocycles. The lowest BCUT2D eigenvalue weighted by molar-refractivity contribution is 1.23. The van der Waals surface area contributed by atoms with Gasteiger partial charge in [-0.15, -0.1) is 0 Å². The van der Waals surface area contributed by atoms with Crippen molar-refractivity contribution in [3.8, 4) is 0 Å². The standard InChI is InChI=1S/C36H24N6/c1-5-31-33(41(27-9-17-37-18-10-27)28-11-19-38-20-12-28)8-4-26-2-6-32-34(7-3-25(1)35(32)36(26)31)42(29-13-21-39-22-14-29)30-15-23-40-24-16-30/h1-24H. The molecule has 198 valence electrons. The summed E-state index contributed by atoms with van der Waals surface area (Å²) in [5.74, 6) is 0. The molecule has 4 aromatic heterocycles. The minimum Gasteiger partial charge on any atom is -0.310 e. The van der Waals surface area contributed by atoms with Gasteiger partial charge in [-0.1, -0.05) is 36.4 Å². The summed E-state index contributed by atoms with van der Waals surface area (Å²) in [6.45, 7) is 0. The van der Waals surface area contributed by atoms with Gasteiger partial charge in [0.1, 0.15) is 0 Å². The molecule has 0 spiro atoms. The van der Waals surface area contributed by atoms with E-state index in [9.17, 15) is 0 Å². The largest absolute Gasteiger partial charge is 0.310 e. The monoisotopic (exact) mass is 540 g/mol. The highest BCUT2D eigenvalue weighted by Gasteiger charge is 2.21. The summed E-state index contributed by atoms with van der Waals surface area (Å²) in [5.41, 5.74) is 6.34. The van der Waals surface area contributed by atoms with Crippen LogP contribution in [-0.2, 0) is 0 Å². The van der Waals surface area contributed by atoms with E-state index >= 15 is 0 Å². The second-order valence-electron chi connectivity index (χ2n) is 10.1. The van der Waals surface area contributed by atoms with E-state index < -0.39 is 0 Å². The molecule has 0 atom stereocenters. The molecule has 4 aromatic carbocycles. The van der Waals surface area contributed by atoms with Crippen LogP contribution in [0.2, 0.25) is 0 Å². The number of hydrogen-bond donors (Lipinski definition) is 0. The first-order valence-corrected chi connectivity index (χ1v) is 13.8. The Morgan fingerprint density at radius 3 is 0.905 bits per heavy atom. The van der Waals surface area contributed by atoms with Crippen molar-refractivity contribution >= 4 is 66.4 Å². The Morgan fingerprint density at radius 1 is 0.310 bits per heavy atom. The van der Waals surface area contributed by atoms with Crippen molar-refractivity contribution in [2.24, 2.45) is 0 Å². The lowest BCUT2D eigenvalue weighted by atomic mass is 9.92. The Kier molecular flexibility index (Phi) is 5.67. The van der Waals surface area contributed by atoms with Crippen molar-refractivity contribution in [3.63, 3.8) is 0 Å². The third-order valence-corrected chi connectivity index (χ3v) is 7.78. The first-order valence-electron chi connectivity index (χ1n) is 13.8. The maximum Gasteiger partial charge on any atom is 0.0540 e. The zero-order valence-corrected chi connectivity index (χ0v) is 22.5. The minimum absolute atomic E-state index is 1.04. The van der Waals surface area contributed by atoms with Crippen molar-refractivity contribution in [1.82, 2.24) is 19.9 Å². The van der Waals surface area contributed by atoms with Crippen molar-refractivity contribution in [2.75, 3.05) is 9.80 Å². The van der Waals surface area contributed by atoms with Gasteiger partial charge >= 0.3 is 0 Å². The Bertz CT molecular complexity index is 1900. The van der Waals surface area contributed by atoms with Crippen LogP contribution in [0.1, 0.15) is 0 Å². The quantitative estimate of drug-likeness (QED) is 0.196. The minimum atomic E-state index is 1.04. The summed E-state index contributed by atoms with van der Waals surface area (Å²) < 4.78 is 0. The fourth-order valence-electron chi connectivity index (χ4n) is 5.99. The van der Waals surface area contributed by atoms with Gasteiger partial charge in [-0.3, -0.25) is 19.9 Å². The average molecular weight is 541 g/mol. The van der Waals surface area contributed by atoms with E-state index in [0.29, 0.717) is 0 Å². The lowest BCUT2D eigenvalue weighted by Gasteiger charge is -2.29. The van der Waals surface area contributed by atoms with Gasteiger partial charge in [-0.25, -0.2) is 0 Å². The molecular weight excluding hydrogens is 516 g/mol. The number of pyridine rings is 4. The molecule has 4 heterocycles. The van der Waals surface area contributed by atoms with E-state index in [4.69, 9.17) is 0 Å². The maximum atomic E-state index is 4.27. The van der Waals surface area contributed by atoms with Gasteiger partial charge in [-0.2, -0.15) is 0 Å². The lowest BCUT2D eigenvalue weighted by Crippen LogP contribution is -2.11. The molecule has 0 fully saturated rings. The zero-order valence-electron chi connectivity index (χ0n) is 22.5. The van der Waals surface area contributed by atoms with Crippen molar-refractivity contribution in [2.45, 2.75) is 0 Å². The van der Waals surface area contributed by atoms with E-state index in [0.717, 1.165) is 34.1 Å². The molecule has 0 radical (unpaired) electrons. The molecule has 0 saturated carbocycles. The van der Waals surface area contributed by atoms with Crippen LogP contribution in [-0.4, -0.2) is 19.9 Å². The van der Waals surface area contributed by atoms with Crippen LogP contribution < -0.4 is 9.80 Å². The van der Waals surface area contributed by atoms with Crippen LogP contribution in [0.3, 0.4) is 0 Å². The molecule has 0 aliphatic rings. The highest BCUT2D eigenvalue weighted by molar-refractivity contribution is 6.28. The number of aromatic nitrogens is 4. The molecule has 8 rings (SSSR count). The molecule has 6 heteroatoms. The summed E-state index contributed by atoms with van der Waals surface area (Å²) >= 11 is 0. The van der Waals surface area contributed by atoms with Crippen LogP contribution in [0, 0.1) is 0 Å². The molecule has 0 amide bonds. The second kappa shape index (κ2) is 9.94. The van der Waals surface area contributed by atoms with Crippen LogP contribution in [0.4, 0.5) is 34.1 Å². The van der Waals surface area contributed by atoms with Crippen LogP contribution in [0.25, 0.3) is 32.3 Å². The first-order chi connectivity index (χ1) is 20.9. The van der Waals surface area contributed by atoms with E-state index in [2.05, 4.69) is 78.3 Å². The Labute approximate surface area is 242 Å². The predicted octanol–water partition coefficient (Wildman–Crippen LogP) is 9.10. The molecule has 0 N–H and O–H groups in total. The molecule has 42 heavy (non-hydrogen) atoms. The molecule has 6 nitrogen and oxygen atoms in total. The molecule has 8 aromatic rings. The summed E-state index contributed by atoms with van der Waals surface area (Å²) in [4.78, 5) is 21.6. The fraction of sp³-hybridized carbons (Fsp3) is 0. The van der Waals surface area contributed by atoms with E-state index in [1.807, 2.05) is 98.1 Å². The zero-order chi connectivity index (χ0) is 27.9. The van der Waals surface area contributed by atoms with E-state index in [-0.39, 0.29) is 0 Å². The predicted molar refractivity (Wildman–Crippen MR) is 171 cm³/mol. The summed E-state index contributed by atoms with van der Waals surface area (Å²) in [7, 11) is 0. The van der Waals surface area contributed by atoms with Crippen LogP contribution in [0.5, 0.6) is 0 Å². The normalized spacial score (nSPS) is 11.3. The number of benzene rings is 4. The highest BCUT2D eigenvalue weighted by atomic mass is 15.2. The maximum absolute atomic E-state index is 4.27.